The summed E-state index contributed by atoms with van der Waals surface area (Å²) in [5.41, 5.74) is 1.37. The molecule has 1 aliphatic heterocycles. The first-order valence-corrected chi connectivity index (χ1v) is 6.96. The number of rotatable bonds is 6. The lowest BCUT2D eigenvalue weighted by atomic mass is 10.1. The highest BCUT2D eigenvalue weighted by molar-refractivity contribution is 5.98. The van der Waals surface area contributed by atoms with Crippen LogP contribution in [0, 0.1) is 0 Å². The minimum atomic E-state index is -0.108. The Kier molecular flexibility index (Phi) is 5.03. The van der Waals surface area contributed by atoms with E-state index in [0.717, 1.165) is 13.0 Å². The second-order valence-corrected chi connectivity index (χ2v) is 5.30. The smallest absolute Gasteiger partial charge is 0.265 e. The third-order valence-corrected chi connectivity index (χ3v) is 3.42. The van der Waals surface area contributed by atoms with Crippen LogP contribution in [0.1, 0.15) is 12.0 Å². The SMILES string of the molecule is COc1cc(CO)cc2c1OCC(=O)N2CCCN(C)C. The largest absolute Gasteiger partial charge is 0.493 e. The summed E-state index contributed by atoms with van der Waals surface area (Å²) in [7, 11) is 5.55. The number of aliphatic hydroxyl groups excluding tert-OH is 1. The van der Waals surface area contributed by atoms with Gasteiger partial charge in [0.1, 0.15) is 0 Å². The maximum atomic E-state index is 12.1. The molecule has 1 aliphatic rings. The minimum Gasteiger partial charge on any atom is -0.493 e. The summed E-state index contributed by atoms with van der Waals surface area (Å²) in [5.74, 6) is 1.04. The lowest BCUT2D eigenvalue weighted by Crippen LogP contribution is -2.40. The van der Waals surface area contributed by atoms with E-state index in [1.54, 1.807) is 24.1 Å². The molecule has 0 aromatic heterocycles. The van der Waals surface area contributed by atoms with E-state index in [1.165, 1.54) is 0 Å². The summed E-state index contributed by atoms with van der Waals surface area (Å²) in [5, 5.41) is 9.35. The van der Waals surface area contributed by atoms with Crippen LogP contribution < -0.4 is 14.4 Å². The van der Waals surface area contributed by atoms with Crippen molar-refractivity contribution in [1.29, 1.82) is 0 Å². The number of hydrogen-bond donors (Lipinski definition) is 1. The number of amides is 1. The third kappa shape index (κ3) is 3.46. The number of anilines is 1. The molecular weight excluding hydrogens is 272 g/mol. The summed E-state index contributed by atoms with van der Waals surface area (Å²) < 4.78 is 10.8. The van der Waals surface area contributed by atoms with Gasteiger partial charge in [-0.3, -0.25) is 4.79 Å². The van der Waals surface area contributed by atoms with E-state index in [9.17, 15) is 9.90 Å². The minimum absolute atomic E-state index is 0.0177. The van der Waals surface area contributed by atoms with Gasteiger partial charge < -0.3 is 24.4 Å². The second-order valence-electron chi connectivity index (χ2n) is 5.30. The van der Waals surface area contributed by atoms with Crippen molar-refractivity contribution in [2.75, 3.05) is 45.8 Å². The lowest BCUT2D eigenvalue weighted by Gasteiger charge is -2.31. The van der Waals surface area contributed by atoms with Crippen LogP contribution >= 0.6 is 0 Å². The van der Waals surface area contributed by atoms with Gasteiger partial charge in [-0.05, 0) is 44.8 Å². The highest BCUT2D eigenvalue weighted by Gasteiger charge is 2.28. The Balaban J connectivity index is 2.29. The molecule has 0 atom stereocenters. The molecule has 1 N–H and O–H groups in total. The van der Waals surface area contributed by atoms with Crippen molar-refractivity contribution in [3.05, 3.63) is 17.7 Å². The maximum absolute atomic E-state index is 12.1. The van der Waals surface area contributed by atoms with Crippen LogP contribution in [0.3, 0.4) is 0 Å². The highest BCUT2D eigenvalue weighted by atomic mass is 16.5. The molecule has 0 saturated carbocycles. The van der Waals surface area contributed by atoms with E-state index in [1.807, 2.05) is 14.1 Å². The monoisotopic (exact) mass is 294 g/mol. The Morgan fingerprint density at radius 2 is 2.19 bits per heavy atom. The molecule has 0 spiro atoms. The predicted molar refractivity (Wildman–Crippen MR) is 79.9 cm³/mol. The number of fused-ring (bicyclic) bond motifs is 1. The number of carbonyl (C=O) groups excluding carboxylic acids is 1. The molecule has 0 fully saturated rings. The fraction of sp³-hybridized carbons (Fsp3) is 0.533. The average Bonchev–Trinajstić information content (AvgIpc) is 2.47. The second kappa shape index (κ2) is 6.78. The molecule has 116 valence electrons. The highest BCUT2D eigenvalue weighted by Crippen LogP contribution is 2.41. The van der Waals surface area contributed by atoms with Crippen molar-refractivity contribution in [3.8, 4) is 11.5 Å². The van der Waals surface area contributed by atoms with Gasteiger partial charge in [0.05, 0.1) is 19.4 Å². The Labute approximate surface area is 124 Å². The normalized spacial score (nSPS) is 14.1. The Morgan fingerprint density at radius 3 is 2.81 bits per heavy atom. The Hall–Kier alpha value is -1.79. The van der Waals surface area contributed by atoms with Crippen molar-refractivity contribution in [2.24, 2.45) is 0 Å². The van der Waals surface area contributed by atoms with Crippen molar-refractivity contribution in [2.45, 2.75) is 13.0 Å². The van der Waals surface area contributed by atoms with Gasteiger partial charge >= 0.3 is 0 Å². The van der Waals surface area contributed by atoms with Gasteiger partial charge in [-0.15, -0.1) is 0 Å². The standard InChI is InChI=1S/C15H22N2O4/c1-16(2)5-4-6-17-12-7-11(9-18)8-13(20-3)15(12)21-10-14(17)19/h7-8,18H,4-6,9-10H2,1-3H3. The predicted octanol–water partition coefficient (Wildman–Crippen LogP) is 0.865. The summed E-state index contributed by atoms with van der Waals surface area (Å²) in [4.78, 5) is 15.9. The van der Waals surface area contributed by atoms with E-state index in [4.69, 9.17) is 9.47 Å². The van der Waals surface area contributed by atoms with Crippen molar-refractivity contribution >= 4 is 11.6 Å². The first-order chi connectivity index (χ1) is 10.1. The number of methoxy groups -OCH3 is 1. The summed E-state index contributed by atoms with van der Waals surface area (Å²) in [6, 6.07) is 3.51. The van der Waals surface area contributed by atoms with Crippen LogP contribution in [-0.2, 0) is 11.4 Å². The molecule has 2 rings (SSSR count). The molecule has 0 radical (unpaired) electrons. The number of carbonyl (C=O) groups is 1. The van der Waals surface area contributed by atoms with E-state index in [0.29, 0.717) is 29.3 Å². The molecule has 0 bridgehead atoms. The fourth-order valence-electron chi connectivity index (χ4n) is 2.37. The van der Waals surface area contributed by atoms with Crippen molar-refractivity contribution in [1.82, 2.24) is 4.90 Å². The molecule has 1 heterocycles. The number of ether oxygens (including phenoxy) is 2. The van der Waals surface area contributed by atoms with Crippen LogP contribution in [0.4, 0.5) is 5.69 Å². The van der Waals surface area contributed by atoms with Gasteiger partial charge in [-0.25, -0.2) is 0 Å². The lowest BCUT2D eigenvalue weighted by molar-refractivity contribution is -0.121. The van der Waals surface area contributed by atoms with Gasteiger partial charge in [0.15, 0.2) is 18.1 Å². The quantitative estimate of drug-likeness (QED) is 0.843. The molecule has 0 aliphatic carbocycles. The van der Waals surface area contributed by atoms with E-state index in [-0.39, 0.29) is 19.1 Å². The molecule has 6 heteroatoms. The topological polar surface area (TPSA) is 62.2 Å². The van der Waals surface area contributed by atoms with Gasteiger partial charge in [0, 0.05) is 6.54 Å². The summed E-state index contributed by atoms with van der Waals surface area (Å²) in [6.07, 6.45) is 0.865. The zero-order valence-corrected chi connectivity index (χ0v) is 12.8. The van der Waals surface area contributed by atoms with Gasteiger partial charge in [-0.2, -0.15) is 0 Å². The zero-order valence-electron chi connectivity index (χ0n) is 12.8. The number of benzene rings is 1. The number of aliphatic hydroxyl groups is 1. The molecule has 0 saturated heterocycles. The van der Waals surface area contributed by atoms with E-state index >= 15 is 0 Å². The maximum Gasteiger partial charge on any atom is 0.265 e. The molecule has 1 amide bonds. The van der Waals surface area contributed by atoms with Gasteiger partial charge in [0.2, 0.25) is 0 Å². The molecule has 1 aromatic carbocycles. The first-order valence-electron chi connectivity index (χ1n) is 6.96. The van der Waals surface area contributed by atoms with Crippen molar-refractivity contribution < 1.29 is 19.4 Å². The van der Waals surface area contributed by atoms with Gasteiger partial charge in [-0.1, -0.05) is 0 Å². The van der Waals surface area contributed by atoms with Crippen LogP contribution in [0.15, 0.2) is 12.1 Å². The summed E-state index contributed by atoms with van der Waals surface area (Å²) >= 11 is 0. The van der Waals surface area contributed by atoms with Crippen molar-refractivity contribution in [3.63, 3.8) is 0 Å². The Bertz CT molecular complexity index is 517. The van der Waals surface area contributed by atoms with Gasteiger partial charge in [0.25, 0.3) is 5.91 Å². The number of nitrogens with zero attached hydrogens (tertiary/aromatic N) is 2. The first kappa shape index (κ1) is 15.6. The zero-order chi connectivity index (χ0) is 15.4. The Morgan fingerprint density at radius 1 is 1.43 bits per heavy atom. The van der Waals surface area contributed by atoms with E-state index < -0.39 is 0 Å². The van der Waals surface area contributed by atoms with E-state index in [2.05, 4.69) is 4.90 Å². The molecule has 6 nitrogen and oxygen atoms in total. The molecule has 21 heavy (non-hydrogen) atoms. The summed E-state index contributed by atoms with van der Waals surface area (Å²) in [6.45, 7) is 1.43. The average molecular weight is 294 g/mol. The van der Waals surface area contributed by atoms with Crippen LogP contribution in [0.5, 0.6) is 11.5 Å². The molecule has 1 aromatic rings. The van der Waals surface area contributed by atoms with Crippen LogP contribution in [0.2, 0.25) is 0 Å². The molecular formula is C15H22N2O4. The third-order valence-electron chi connectivity index (χ3n) is 3.42. The fourth-order valence-corrected chi connectivity index (χ4v) is 2.37. The molecule has 0 unspecified atom stereocenters. The number of hydrogen-bond acceptors (Lipinski definition) is 5. The van der Waals surface area contributed by atoms with Crippen LogP contribution in [0.25, 0.3) is 0 Å². The van der Waals surface area contributed by atoms with Crippen LogP contribution in [-0.4, -0.2) is 56.8 Å².